The van der Waals surface area contributed by atoms with Gasteiger partial charge in [-0.05, 0) is 19.1 Å². The van der Waals surface area contributed by atoms with E-state index in [2.05, 4.69) is 0 Å². The van der Waals surface area contributed by atoms with E-state index in [-0.39, 0.29) is 11.3 Å². The SMILES string of the molecule is CC(=O)Oc1ccc(O)c(F)c1C. The number of carbonyl (C=O) groups excluding carboxylic acids is 1. The van der Waals surface area contributed by atoms with Crippen LogP contribution in [0.5, 0.6) is 11.5 Å². The van der Waals surface area contributed by atoms with Gasteiger partial charge in [0.1, 0.15) is 5.75 Å². The summed E-state index contributed by atoms with van der Waals surface area (Å²) in [5, 5.41) is 8.94. The lowest BCUT2D eigenvalue weighted by molar-refractivity contribution is -0.131. The zero-order chi connectivity index (χ0) is 10.0. The second-order valence-corrected chi connectivity index (χ2v) is 2.62. The molecule has 0 fully saturated rings. The van der Waals surface area contributed by atoms with Gasteiger partial charge in [0.15, 0.2) is 11.6 Å². The molecule has 0 saturated heterocycles. The van der Waals surface area contributed by atoms with Gasteiger partial charge in [0.2, 0.25) is 0 Å². The molecule has 1 N–H and O–H groups in total. The quantitative estimate of drug-likeness (QED) is 0.534. The first-order chi connectivity index (χ1) is 6.02. The predicted molar refractivity (Wildman–Crippen MR) is 44.1 cm³/mol. The van der Waals surface area contributed by atoms with E-state index in [9.17, 15) is 9.18 Å². The number of ether oxygens (including phenoxy) is 1. The molecule has 70 valence electrons. The lowest BCUT2D eigenvalue weighted by atomic mass is 10.2. The maximum atomic E-state index is 13.0. The molecule has 0 radical (unpaired) electrons. The Labute approximate surface area is 74.8 Å². The van der Waals surface area contributed by atoms with Crippen molar-refractivity contribution < 1.29 is 19.0 Å². The van der Waals surface area contributed by atoms with E-state index >= 15 is 0 Å². The molecule has 4 heteroatoms. The summed E-state index contributed by atoms with van der Waals surface area (Å²) in [6.45, 7) is 2.65. The number of rotatable bonds is 1. The molecule has 0 aliphatic heterocycles. The Hall–Kier alpha value is -1.58. The Kier molecular flexibility index (Phi) is 2.51. The largest absolute Gasteiger partial charge is 0.505 e. The highest BCUT2D eigenvalue weighted by molar-refractivity contribution is 5.69. The maximum absolute atomic E-state index is 13.0. The Morgan fingerprint density at radius 2 is 2.15 bits per heavy atom. The molecular weight excluding hydrogens is 175 g/mol. The van der Waals surface area contributed by atoms with Gasteiger partial charge in [0.05, 0.1) is 0 Å². The fourth-order valence-electron chi connectivity index (χ4n) is 0.918. The Balaban J connectivity index is 3.10. The second kappa shape index (κ2) is 3.43. The summed E-state index contributed by atoms with van der Waals surface area (Å²) in [6, 6.07) is 2.48. The van der Waals surface area contributed by atoms with E-state index in [1.54, 1.807) is 0 Å². The average Bonchev–Trinajstić information content (AvgIpc) is 2.06. The number of phenols is 1. The van der Waals surface area contributed by atoms with Crippen LogP contribution in [0.15, 0.2) is 12.1 Å². The molecular formula is C9H9FO3. The normalized spacial score (nSPS) is 9.77. The average molecular weight is 184 g/mol. The van der Waals surface area contributed by atoms with Crippen molar-refractivity contribution in [3.63, 3.8) is 0 Å². The molecule has 0 aliphatic rings. The Morgan fingerprint density at radius 3 is 2.69 bits per heavy atom. The van der Waals surface area contributed by atoms with Gasteiger partial charge in [-0.1, -0.05) is 0 Å². The van der Waals surface area contributed by atoms with Gasteiger partial charge in [0, 0.05) is 12.5 Å². The van der Waals surface area contributed by atoms with E-state index < -0.39 is 17.5 Å². The van der Waals surface area contributed by atoms with Crippen LogP contribution < -0.4 is 4.74 Å². The van der Waals surface area contributed by atoms with E-state index in [1.165, 1.54) is 19.9 Å². The van der Waals surface area contributed by atoms with Gasteiger partial charge in [-0.15, -0.1) is 0 Å². The molecule has 0 aliphatic carbocycles. The molecule has 0 saturated carbocycles. The molecule has 1 aromatic carbocycles. The van der Waals surface area contributed by atoms with Gasteiger partial charge in [-0.2, -0.15) is 0 Å². The summed E-state index contributed by atoms with van der Waals surface area (Å²) in [4.78, 5) is 10.6. The van der Waals surface area contributed by atoms with Crippen LogP contribution >= 0.6 is 0 Å². The smallest absolute Gasteiger partial charge is 0.308 e. The molecule has 0 unspecified atom stereocenters. The highest BCUT2D eigenvalue weighted by Gasteiger charge is 2.10. The number of halogens is 1. The lowest BCUT2D eigenvalue weighted by Gasteiger charge is -2.06. The van der Waals surface area contributed by atoms with Gasteiger partial charge >= 0.3 is 5.97 Å². The van der Waals surface area contributed by atoms with Crippen LogP contribution in [0.3, 0.4) is 0 Å². The van der Waals surface area contributed by atoms with Crippen LogP contribution in [0.1, 0.15) is 12.5 Å². The van der Waals surface area contributed by atoms with E-state index in [1.807, 2.05) is 0 Å². The first-order valence-electron chi connectivity index (χ1n) is 3.69. The van der Waals surface area contributed by atoms with Gasteiger partial charge in [-0.3, -0.25) is 4.79 Å². The number of phenolic OH excluding ortho intramolecular Hbond substituents is 1. The van der Waals surface area contributed by atoms with Crippen LogP contribution in [-0.2, 0) is 4.79 Å². The van der Waals surface area contributed by atoms with Crippen molar-refractivity contribution in [2.45, 2.75) is 13.8 Å². The number of esters is 1. The summed E-state index contributed by atoms with van der Waals surface area (Å²) in [5.74, 6) is -1.61. The summed E-state index contributed by atoms with van der Waals surface area (Å²) < 4.78 is 17.7. The minimum atomic E-state index is -0.765. The lowest BCUT2D eigenvalue weighted by Crippen LogP contribution is -2.03. The summed E-state index contributed by atoms with van der Waals surface area (Å²) >= 11 is 0. The molecule has 13 heavy (non-hydrogen) atoms. The second-order valence-electron chi connectivity index (χ2n) is 2.62. The number of carbonyl (C=O) groups is 1. The number of benzene rings is 1. The standard InChI is InChI=1S/C9H9FO3/c1-5-8(13-6(2)11)4-3-7(12)9(5)10/h3-4,12H,1-2H3. The summed E-state index contributed by atoms with van der Waals surface area (Å²) in [6.07, 6.45) is 0. The highest BCUT2D eigenvalue weighted by Crippen LogP contribution is 2.27. The van der Waals surface area contributed by atoms with Crippen molar-refractivity contribution in [2.75, 3.05) is 0 Å². The third-order valence-corrected chi connectivity index (χ3v) is 1.57. The van der Waals surface area contributed by atoms with Crippen LogP contribution in [0, 0.1) is 12.7 Å². The number of hydrogen-bond donors (Lipinski definition) is 1. The zero-order valence-corrected chi connectivity index (χ0v) is 7.30. The van der Waals surface area contributed by atoms with Crippen LogP contribution in [-0.4, -0.2) is 11.1 Å². The van der Waals surface area contributed by atoms with Crippen molar-refractivity contribution in [1.82, 2.24) is 0 Å². The van der Waals surface area contributed by atoms with E-state index in [0.717, 1.165) is 6.07 Å². The molecule has 0 aromatic heterocycles. The number of aromatic hydroxyl groups is 1. The molecule has 0 heterocycles. The molecule has 0 bridgehead atoms. The maximum Gasteiger partial charge on any atom is 0.308 e. The van der Waals surface area contributed by atoms with Gasteiger partial charge in [-0.25, -0.2) is 4.39 Å². The highest BCUT2D eigenvalue weighted by atomic mass is 19.1. The first kappa shape index (κ1) is 9.51. The topological polar surface area (TPSA) is 46.5 Å². The Bertz CT molecular complexity index is 347. The van der Waals surface area contributed by atoms with E-state index in [0.29, 0.717) is 0 Å². The third-order valence-electron chi connectivity index (χ3n) is 1.57. The summed E-state index contributed by atoms with van der Waals surface area (Å²) in [7, 11) is 0. The van der Waals surface area contributed by atoms with Crippen molar-refractivity contribution in [1.29, 1.82) is 0 Å². The molecule has 0 spiro atoms. The summed E-state index contributed by atoms with van der Waals surface area (Å²) in [5.41, 5.74) is 0.121. The molecule has 1 aromatic rings. The Morgan fingerprint density at radius 1 is 1.54 bits per heavy atom. The fourth-order valence-corrected chi connectivity index (χ4v) is 0.918. The van der Waals surface area contributed by atoms with Crippen LogP contribution in [0.4, 0.5) is 4.39 Å². The fraction of sp³-hybridized carbons (Fsp3) is 0.222. The predicted octanol–water partition coefficient (Wildman–Crippen LogP) is 1.77. The van der Waals surface area contributed by atoms with Crippen molar-refractivity contribution >= 4 is 5.97 Å². The zero-order valence-electron chi connectivity index (χ0n) is 7.30. The van der Waals surface area contributed by atoms with Crippen molar-refractivity contribution in [2.24, 2.45) is 0 Å². The third kappa shape index (κ3) is 1.96. The molecule has 0 atom stereocenters. The van der Waals surface area contributed by atoms with Crippen molar-refractivity contribution in [3.05, 3.63) is 23.5 Å². The van der Waals surface area contributed by atoms with Crippen LogP contribution in [0.2, 0.25) is 0 Å². The first-order valence-corrected chi connectivity index (χ1v) is 3.69. The van der Waals surface area contributed by atoms with Gasteiger partial charge < -0.3 is 9.84 Å². The molecule has 0 amide bonds. The minimum Gasteiger partial charge on any atom is -0.505 e. The van der Waals surface area contributed by atoms with Crippen molar-refractivity contribution in [3.8, 4) is 11.5 Å². The van der Waals surface area contributed by atoms with Crippen LogP contribution in [0.25, 0.3) is 0 Å². The van der Waals surface area contributed by atoms with Gasteiger partial charge in [0.25, 0.3) is 0 Å². The van der Waals surface area contributed by atoms with E-state index in [4.69, 9.17) is 9.84 Å². The monoisotopic (exact) mass is 184 g/mol. The molecule has 1 rings (SSSR count). The minimum absolute atomic E-state index is 0.121. The number of hydrogen-bond acceptors (Lipinski definition) is 3. The molecule has 3 nitrogen and oxygen atoms in total.